The SMILES string of the molecule is COc1ccc2[n-]c(S(=O)Cc3ncc(C)c(OC)c3C)nc2c1.[Li+]. The fourth-order valence-electron chi connectivity index (χ4n) is 2.55. The molecule has 0 saturated carbocycles. The van der Waals surface area contributed by atoms with Gasteiger partial charge in [0.05, 0.1) is 36.5 Å². The van der Waals surface area contributed by atoms with Crippen LogP contribution in [0.1, 0.15) is 16.8 Å². The topological polar surface area (TPSA) is 75.4 Å². The van der Waals surface area contributed by atoms with Gasteiger partial charge in [-0.15, -0.1) is 0 Å². The van der Waals surface area contributed by atoms with Crippen molar-refractivity contribution in [1.29, 1.82) is 0 Å². The number of fused-ring (bicyclic) bond motifs is 1. The minimum atomic E-state index is -1.38. The first kappa shape index (κ1) is 19.5. The van der Waals surface area contributed by atoms with Crippen LogP contribution in [0.15, 0.2) is 29.6 Å². The Morgan fingerprint density at radius 2 is 1.96 bits per heavy atom. The Hall–Kier alpha value is -1.81. The van der Waals surface area contributed by atoms with Crippen LogP contribution in [0, 0.1) is 13.8 Å². The molecule has 25 heavy (non-hydrogen) atoms. The van der Waals surface area contributed by atoms with Gasteiger partial charge in [-0.05, 0) is 37.0 Å². The largest absolute Gasteiger partial charge is 1.00 e. The molecule has 2 heterocycles. The molecule has 0 aliphatic carbocycles. The summed E-state index contributed by atoms with van der Waals surface area (Å²) >= 11 is 0. The Bertz CT molecular complexity index is 927. The molecule has 0 fully saturated rings. The number of aromatic nitrogens is 3. The predicted octanol–water partition coefficient (Wildman–Crippen LogP) is -0.467. The van der Waals surface area contributed by atoms with Gasteiger partial charge in [-0.3, -0.25) is 9.19 Å². The van der Waals surface area contributed by atoms with Crippen LogP contribution in [0.4, 0.5) is 0 Å². The van der Waals surface area contributed by atoms with Gasteiger partial charge >= 0.3 is 18.9 Å². The zero-order chi connectivity index (χ0) is 17.3. The van der Waals surface area contributed by atoms with Crippen molar-refractivity contribution in [1.82, 2.24) is 15.0 Å². The van der Waals surface area contributed by atoms with Crippen LogP contribution in [0.3, 0.4) is 0 Å². The van der Waals surface area contributed by atoms with Crippen LogP contribution in [0.2, 0.25) is 0 Å². The summed E-state index contributed by atoms with van der Waals surface area (Å²) in [5.74, 6) is 1.71. The molecule has 1 aromatic carbocycles. The van der Waals surface area contributed by atoms with Crippen molar-refractivity contribution < 1.29 is 32.5 Å². The number of aryl methyl sites for hydroxylation is 1. The van der Waals surface area contributed by atoms with Crippen LogP contribution in [-0.4, -0.2) is 28.4 Å². The number of pyridine rings is 1. The first-order valence-corrected chi connectivity index (χ1v) is 8.71. The Morgan fingerprint density at radius 3 is 2.64 bits per heavy atom. The molecule has 0 aliphatic rings. The van der Waals surface area contributed by atoms with Gasteiger partial charge < -0.3 is 19.4 Å². The van der Waals surface area contributed by atoms with Crippen molar-refractivity contribution >= 4 is 21.8 Å². The van der Waals surface area contributed by atoms with Gasteiger partial charge in [0.2, 0.25) is 0 Å². The molecule has 3 rings (SSSR count). The molecule has 1 atom stereocenters. The molecule has 0 spiro atoms. The second-order valence-electron chi connectivity index (χ2n) is 5.40. The van der Waals surface area contributed by atoms with Gasteiger partial charge in [0, 0.05) is 22.5 Å². The number of hydrogen-bond acceptors (Lipinski definition) is 5. The Morgan fingerprint density at radius 1 is 1.20 bits per heavy atom. The van der Waals surface area contributed by atoms with E-state index in [1.54, 1.807) is 38.6 Å². The van der Waals surface area contributed by atoms with E-state index in [1.807, 2.05) is 13.8 Å². The van der Waals surface area contributed by atoms with E-state index in [2.05, 4.69) is 15.0 Å². The minimum absolute atomic E-state index is 0. The first-order valence-electron chi connectivity index (χ1n) is 7.39. The van der Waals surface area contributed by atoms with Crippen molar-refractivity contribution in [2.45, 2.75) is 24.8 Å². The molecule has 1 unspecified atom stereocenters. The third kappa shape index (κ3) is 3.89. The van der Waals surface area contributed by atoms with Crippen molar-refractivity contribution in [3.05, 3.63) is 41.2 Å². The molecule has 0 aliphatic heterocycles. The van der Waals surface area contributed by atoms with E-state index >= 15 is 0 Å². The monoisotopic (exact) mass is 351 g/mol. The van der Waals surface area contributed by atoms with Gasteiger partial charge in [0.25, 0.3) is 0 Å². The standard InChI is InChI=1S/C17H18N3O3S.Li/c1-10-8-18-15(11(2)16(10)23-4)9-24(21)17-19-13-6-5-12(22-3)7-14(13)20-17;/h5-8H,9H2,1-4H3;/q-1;+1. The van der Waals surface area contributed by atoms with Crippen molar-refractivity contribution in [2.24, 2.45) is 0 Å². The summed E-state index contributed by atoms with van der Waals surface area (Å²) in [5, 5.41) is 0.305. The number of rotatable bonds is 5. The average molecular weight is 351 g/mol. The third-order valence-corrected chi connectivity index (χ3v) is 4.96. The zero-order valence-electron chi connectivity index (χ0n) is 15.0. The van der Waals surface area contributed by atoms with E-state index in [0.717, 1.165) is 22.6 Å². The van der Waals surface area contributed by atoms with Crippen LogP contribution >= 0.6 is 0 Å². The van der Waals surface area contributed by atoms with Crippen LogP contribution in [0.5, 0.6) is 11.5 Å². The summed E-state index contributed by atoms with van der Waals surface area (Å²) in [6.45, 7) is 3.85. The van der Waals surface area contributed by atoms with E-state index in [9.17, 15) is 4.21 Å². The zero-order valence-corrected chi connectivity index (χ0v) is 15.8. The molecular formula is C17H18LiN3O3S. The second-order valence-corrected chi connectivity index (χ2v) is 6.74. The molecule has 0 N–H and O–H groups in total. The molecular weight excluding hydrogens is 333 g/mol. The smallest absolute Gasteiger partial charge is 0.497 e. The van der Waals surface area contributed by atoms with Crippen molar-refractivity contribution in [3.63, 3.8) is 0 Å². The number of imidazole rings is 1. The van der Waals surface area contributed by atoms with Crippen LogP contribution in [-0.2, 0) is 16.6 Å². The second kappa shape index (κ2) is 8.04. The summed E-state index contributed by atoms with van der Waals surface area (Å²) < 4.78 is 23.2. The van der Waals surface area contributed by atoms with E-state index in [0.29, 0.717) is 21.9 Å². The number of nitrogens with zero attached hydrogens (tertiary/aromatic N) is 3. The van der Waals surface area contributed by atoms with E-state index < -0.39 is 10.8 Å². The maximum absolute atomic E-state index is 12.6. The maximum Gasteiger partial charge on any atom is 1.00 e. The van der Waals surface area contributed by atoms with Crippen molar-refractivity contribution in [3.8, 4) is 11.5 Å². The maximum atomic E-state index is 12.6. The van der Waals surface area contributed by atoms with Crippen LogP contribution in [0.25, 0.3) is 11.0 Å². The Balaban J connectivity index is 0.00000225. The molecule has 0 radical (unpaired) electrons. The third-order valence-electron chi connectivity index (χ3n) is 3.84. The van der Waals surface area contributed by atoms with E-state index in [-0.39, 0.29) is 24.6 Å². The minimum Gasteiger partial charge on any atom is -0.497 e. The van der Waals surface area contributed by atoms with Gasteiger partial charge in [-0.1, -0.05) is 6.07 Å². The van der Waals surface area contributed by atoms with Gasteiger partial charge in [0.1, 0.15) is 11.5 Å². The quantitative estimate of drug-likeness (QED) is 0.579. The number of methoxy groups -OCH3 is 2. The molecule has 126 valence electrons. The summed E-state index contributed by atoms with van der Waals surface area (Å²) in [5.41, 5.74) is 3.94. The van der Waals surface area contributed by atoms with Crippen molar-refractivity contribution in [2.75, 3.05) is 14.2 Å². The molecule has 8 heteroatoms. The van der Waals surface area contributed by atoms with Gasteiger partial charge in [-0.25, -0.2) is 0 Å². The molecule has 2 aromatic heterocycles. The molecule has 6 nitrogen and oxygen atoms in total. The molecule has 0 bridgehead atoms. The molecule has 0 amide bonds. The fourth-order valence-corrected chi connectivity index (χ4v) is 3.62. The summed E-state index contributed by atoms with van der Waals surface area (Å²) in [4.78, 5) is 13.1. The van der Waals surface area contributed by atoms with E-state index in [4.69, 9.17) is 9.47 Å². The van der Waals surface area contributed by atoms with Gasteiger partial charge in [0.15, 0.2) is 0 Å². The molecule has 0 saturated heterocycles. The fraction of sp³-hybridized carbons (Fsp3) is 0.294. The average Bonchev–Trinajstić information content (AvgIpc) is 3.01. The number of benzene rings is 1. The number of ether oxygens (including phenoxy) is 2. The molecule has 3 aromatic rings. The number of hydrogen-bond donors (Lipinski definition) is 0. The van der Waals surface area contributed by atoms with Crippen LogP contribution < -0.4 is 33.3 Å². The first-order chi connectivity index (χ1) is 11.5. The summed E-state index contributed by atoms with van der Waals surface area (Å²) in [6, 6.07) is 5.39. The normalized spacial score (nSPS) is 11.8. The van der Waals surface area contributed by atoms with E-state index in [1.165, 1.54) is 0 Å². The van der Waals surface area contributed by atoms with Gasteiger partial charge in [-0.2, -0.15) is 0 Å². The summed E-state index contributed by atoms with van der Waals surface area (Å²) in [7, 11) is 1.83. The summed E-state index contributed by atoms with van der Waals surface area (Å²) in [6.07, 6.45) is 1.73. The Labute approximate surface area is 161 Å². The predicted molar refractivity (Wildman–Crippen MR) is 92.0 cm³/mol. The Kier molecular flexibility index (Phi) is 6.28.